The fourth-order valence-corrected chi connectivity index (χ4v) is 5.11. The predicted octanol–water partition coefficient (Wildman–Crippen LogP) is 3.16. The van der Waals surface area contributed by atoms with E-state index in [-0.39, 0.29) is 29.0 Å². The van der Waals surface area contributed by atoms with Crippen molar-refractivity contribution in [2.45, 2.75) is 26.3 Å². The van der Waals surface area contributed by atoms with E-state index in [4.69, 9.17) is 20.9 Å². The zero-order valence-corrected chi connectivity index (χ0v) is 20.8. The molecule has 1 atom stereocenters. The number of hydrogen-bond acceptors (Lipinski definition) is 9. The van der Waals surface area contributed by atoms with Gasteiger partial charge in [-0.1, -0.05) is 19.9 Å². The Kier molecular flexibility index (Phi) is 7.22. The number of fused-ring (bicyclic) bond motifs is 1. The molecule has 0 radical (unpaired) electrons. The minimum Gasteiger partial charge on any atom is -0.454 e. The molecule has 184 valence electrons. The van der Waals surface area contributed by atoms with Crippen molar-refractivity contribution in [3.05, 3.63) is 51.2 Å². The van der Waals surface area contributed by atoms with E-state index in [0.29, 0.717) is 34.5 Å². The largest absolute Gasteiger partial charge is 0.454 e. The lowest BCUT2D eigenvalue weighted by Gasteiger charge is -2.30. The van der Waals surface area contributed by atoms with Gasteiger partial charge >= 0.3 is 0 Å². The number of nitrogens with one attached hydrogen (secondary N) is 1. The Labute approximate surface area is 210 Å². The molecule has 1 aromatic carbocycles. The third kappa shape index (κ3) is 5.08. The normalized spacial score (nSPS) is 13.0. The number of ether oxygens (including phenoxy) is 2. The van der Waals surface area contributed by atoms with Crippen molar-refractivity contribution in [3.8, 4) is 11.5 Å². The first-order valence-electron chi connectivity index (χ1n) is 10.9. The van der Waals surface area contributed by atoms with Crippen molar-refractivity contribution in [2.24, 2.45) is 11.7 Å². The zero-order chi connectivity index (χ0) is 25.1. The summed E-state index contributed by atoms with van der Waals surface area (Å²) in [5.74, 6) is -0.412. The van der Waals surface area contributed by atoms with Crippen LogP contribution >= 0.6 is 22.9 Å². The van der Waals surface area contributed by atoms with Gasteiger partial charge in [-0.2, -0.15) is 4.37 Å². The second-order valence-corrected chi connectivity index (χ2v) is 10.00. The molecule has 0 aliphatic carbocycles. The smallest absolute Gasteiger partial charge is 0.273 e. The molecule has 1 aliphatic heterocycles. The summed E-state index contributed by atoms with van der Waals surface area (Å²) in [5, 5.41) is 4.78. The second-order valence-electron chi connectivity index (χ2n) is 8.24. The van der Waals surface area contributed by atoms with E-state index < -0.39 is 17.9 Å². The highest BCUT2D eigenvalue weighted by atomic mass is 32.1. The summed E-state index contributed by atoms with van der Waals surface area (Å²) in [6.07, 6.45) is 0.782. The van der Waals surface area contributed by atoms with Gasteiger partial charge in [0.2, 0.25) is 12.7 Å². The standard InChI is InChI=1S/C23H25N5O5S2/c1-12(2)7-8-26-22(30)19(16-4-3-9-34-16)28(13-5-6-14-15(10-13)33-11-32-14)23(31)20-17(24)18(21(25)29)27-35-20/h3-6,9-10,12,19H,7-8,11,24H2,1-2H3,(H2,25,29)(H,26,30). The van der Waals surface area contributed by atoms with Crippen LogP contribution in [0.4, 0.5) is 11.4 Å². The molecule has 0 spiro atoms. The summed E-state index contributed by atoms with van der Waals surface area (Å²) in [5.41, 5.74) is 11.5. The lowest BCUT2D eigenvalue weighted by Crippen LogP contribution is -2.44. The number of anilines is 2. The van der Waals surface area contributed by atoms with Crippen LogP contribution in [-0.4, -0.2) is 35.4 Å². The lowest BCUT2D eigenvalue weighted by molar-refractivity contribution is -0.122. The first-order valence-corrected chi connectivity index (χ1v) is 12.5. The summed E-state index contributed by atoms with van der Waals surface area (Å²) >= 11 is 2.10. The molecule has 3 heterocycles. The zero-order valence-electron chi connectivity index (χ0n) is 19.1. The molecule has 2 aromatic heterocycles. The molecule has 1 aliphatic rings. The number of nitrogen functional groups attached to an aromatic ring is 1. The number of nitrogens with zero attached hydrogens (tertiary/aromatic N) is 2. The van der Waals surface area contributed by atoms with Crippen molar-refractivity contribution in [1.82, 2.24) is 9.69 Å². The number of nitrogens with two attached hydrogens (primary N) is 2. The average molecular weight is 516 g/mol. The van der Waals surface area contributed by atoms with E-state index in [1.807, 2.05) is 11.4 Å². The molecule has 35 heavy (non-hydrogen) atoms. The number of amides is 3. The molecule has 3 aromatic rings. The first-order chi connectivity index (χ1) is 16.8. The van der Waals surface area contributed by atoms with Crippen LogP contribution in [0.5, 0.6) is 11.5 Å². The molecule has 10 nitrogen and oxygen atoms in total. The van der Waals surface area contributed by atoms with E-state index in [1.54, 1.807) is 24.3 Å². The van der Waals surface area contributed by atoms with Crippen molar-refractivity contribution in [2.75, 3.05) is 24.0 Å². The lowest BCUT2D eigenvalue weighted by atomic mass is 10.1. The van der Waals surface area contributed by atoms with Crippen LogP contribution in [0.15, 0.2) is 35.7 Å². The third-order valence-electron chi connectivity index (χ3n) is 5.35. The Morgan fingerprint density at radius 3 is 2.63 bits per heavy atom. The summed E-state index contributed by atoms with van der Waals surface area (Å²) < 4.78 is 14.9. The van der Waals surface area contributed by atoms with Crippen molar-refractivity contribution < 1.29 is 23.9 Å². The fraction of sp³-hybridized carbons (Fsp3) is 0.304. The minimum atomic E-state index is -1.01. The SMILES string of the molecule is CC(C)CCNC(=O)C(c1cccs1)N(C(=O)c1snc(C(N)=O)c1N)c1ccc2c(c1)OCO2. The molecule has 0 fully saturated rings. The van der Waals surface area contributed by atoms with Gasteiger partial charge in [0, 0.05) is 23.2 Å². The number of aromatic nitrogens is 1. The van der Waals surface area contributed by atoms with Crippen molar-refractivity contribution >= 4 is 52.0 Å². The summed E-state index contributed by atoms with van der Waals surface area (Å²) in [6, 6.07) is 7.56. The molecule has 5 N–H and O–H groups in total. The fourth-order valence-electron chi connectivity index (χ4n) is 3.56. The number of benzene rings is 1. The number of thiophene rings is 1. The van der Waals surface area contributed by atoms with E-state index in [0.717, 1.165) is 18.0 Å². The van der Waals surface area contributed by atoms with Gasteiger partial charge < -0.3 is 26.3 Å². The summed E-state index contributed by atoms with van der Waals surface area (Å²) in [4.78, 5) is 41.2. The number of carbonyl (C=O) groups excluding carboxylic acids is 3. The minimum absolute atomic E-state index is 0.00741. The molecule has 0 bridgehead atoms. The summed E-state index contributed by atoms with van der Waals surface area (Å²) in [7, 11) is 0. The van der Waals surface area contributed by atoms with E-state index in [2.05, 4.69) is 23.5 Å². The molecule has 0 saturated heterocycles. The maximum absolute atomic E-state index is 13.9. The number of primary amides is 1. The third-order valence-corrected chi connectivity index (χ3v) is 7.12. The molecule has 1 unspecified atom stereocenters. The molecule has 3 amide bonds. The highest BCUT2D eigenvalue weighted by Crippen LogP contribution is 2.40. The molecular formula is C23H25N5O5S2. The Balaban J connectivity index is 1.80. The van der Waals surface area contributed by atoms with E-state index in [1.165, 1.54) is 16.2 Å². The van der Waals surface area contributed by atoms with Gasteiger partial charge in [-0.25, -0.2) is 0 Å². The molecule has 4 rings (SSSR count). The molecule has 0 saturated carbocycles. The van der Waals surface area contributed by atoms with Crippen LogP contribution in [0.2, 0.25) is 0 Å². The van der Waals surface area contributed by atoms with Gasteiger partial charge in [-0.3, -0.25) is 19.3 Å². The van der Waals surface area contributed by atoms with Crippen LogP contribution < -0.4 is 31.2 Å². The highest BCUT2D eigenvalue weighted by Gasteiger charge is 2.37. The van der Waals surface area contributed by atoms with Gasteiger partial charge in [0.15, 0.2) is 23.2 Å². The molecular weight excluding hydrogens is 490 g/mol. The van der Waals surface area contributed by atoms with Gasteiger partial charge in [0.25, 0.3) is 11.8 Å². The topological polar surface area (TPSA) is 150 Å². The second kappa shape index (κ2) is 10.3. The van der Waals surface area contributed by atoms with Gasteiger partial charge in [-0.15, -0.1) is 11.3 Å². The van der Waals surface area contributed by atoms with Crippen LogP contribution in [-0.2, 0) is 4.79 Å². The van der Waals surface area contributed by atoms with Gasteiger partial charge in [0.1, 0.15) is 4.88 Å². The average Bonchev–Trinajstić information content (AvgIpc) is 3.56. The highest BCUT2D eigenvalue weighted by molar-refractivity contribution is 7.10. The maximum atomic E-state index is 13.9. The van der Waals surface area contributed by atoms with Crippen LogP contribution in [0.1, 0.15) is 51.3 Å². The van der Waals surface area contributed by atoms with Gasteiger partial charge in [0.05, 0.1) is 5.69 Å². The van der Waals surface area contributed by atoms with Gasteiger partial charge in [-0.05, 0) is 47.5 Å². The Hall–Kier alpha value is -3.64. The quantitative estimate of drug-likeness (QED) is 0.396. The van der Waals surface area contributed by atoms with Crippen molar-refractivity contribution in [1.29, 1.82) is 0 Å². The predicted molar refractivity (Wildman–Crippen MR) is 134 cm³/mol. The maximum Gasteiger partial charge on any atom is 0.273 e. The monoisotopic (exact) mass is 515 g/mol. The summed E-state index contributed by atoms with van der Waals surface area (Å²) in [6.45, 7) is 4.64. The molecule has 12 heteroatoms. The number of carbonyl (C=O) groups is 3. The first kappa shape index (κ1) is 24.5. The van der Waals surface area contributed by atoms with E-state index >= 15 is 0 Å². The van der Waals surface area contributed by atoms with Crippen LogP contribution in [0.25, 0.3) is 0 Å². The van der Waals surface area contributed by atoms with Crippen LogP contribution in [0, 0.1) is 5.92 Å². The number of hydrogen-bond donors (Lipinski definition) is 3. The van der Waals surface area contributed by atoms with Crippen molar-refractivity contribution in [3.63, 3.8) is 0 Å². The van der Waals surface area contributed by atoms with Crippen LogP contribution in [0.3, 0.4) is 0 Å². The Morgan fingerprint density at radius 1 is 1.20 bits per heavy atom. The number of rotatable bonds is 9. The Morgan fingerprint density at radius 2 is 1.97 bits per heavy atom. The van der Waals surface area contributed by atoms with E-state index in [9.17, 15) is 14.4 Å². The Bertz CT molecular complexity index is 1240.